The highest BCUT2D eigenvalue weighted by atomic mass is 16.5. The lowest BCUT2D eigenvalue weighted by atomic mass is 10.4. The van der Waals surface area contributed by atoms with Crippen LogP contribution >= 0.6 is 0 Å². The Morgan fingerprint density at radius 3 is 2.35 bits per heavy atom. The van der Waals surface area contributed by atoms with Crippen LogP contribution < -0.4 is 10.6 Å². The van der Waals surface area contributed by atoms with Crippen LogP contribution in [0.15, 0.2) is 4.99 Å². The minimum absolute atomic E-state index is 0.828. The lowest BCUT2D eigenvalue weighted by molar-refractivity contribution is 0.180. The van der Waals surface area contributed by atoms with E-state index in [0.29, 0.717) is 0 Å². The van der Waals surface area contributed by atoms with Crippen molar-refractivity contribution in [3.63, 3.8) is 0 Å². The molecule has 2 N–H and O–H groups in total. The number of nitrogens with one attached hydrogen (secondary N) is 2. The number of guanidine groups is 1. The third kappa shape index (κ3) is 13.3. The molecule has 23 heavy (non-hydrogen) atoms. The summed E-state index contributed by atoms with van der Waals surface area (Å²) < 4.78 is 5.08. The van der Waals surface area contributed by atoms with Gasteiger partial charge in [-0.1, -0.05) is 13.8 Å². The summed E-state index contributed by atoms with van der Waals surface area (Å²) in [6.45, 7) is 15.5. The standard InChI is InChI=1S/C17H39N5O/c1-6-18-17(19-11-9-14-22(7-2)8-3)20-12-15-21(4)13-10-16-23-5/h6-16H2,1-5H3,(H2,18,19,20). The molecular formula is C17H39N5O. The number of nitrogens with zero attached hydrogens (tertiary/aromatic N) is 3. The lowest BCUT2D eigenvalue weighted by Crippen LogP contribution is -2.41. The van der Waals surface area contributed by atoms with Gasteiger partial charge in [-0.25, -0.2) is 0 Å². The van der Waals surface area contributed by atoms with Gasteiger partial charge in [-0.05, 0) is 46.4 Å². The molecule has 138 valence electrons. The molecule has 0 aromatic heterocycles. The first-order chi connectivity index (χ1) is 11.2. The van der Waals surface area contributed by atoms with Crippen LogP contribution in [-0.4, -0.2) is 88.9 Å². The molecule has 0 aliphatic heterocycles. The average Bonchev–Trinajstić information content (AvgIpc) is 2.55. The van der Waals surface area contributed by atoms with E-state index in [1.165, 1.54) is 0 Å². The highest BCUT2D eigenvalue weighted by molar-refractivity contribution is 5.79. The molecule has 0 saturated carbocycles. The second-order valence-corrected chi connectivity index (χ2v) is 5.72. The number of ether oxygens (including phenoxy) is 1. The molecule has 0 radical (unpaired) electrons. The van der Waals surface area contributed by atoms with Crippen LogP contribution in [0.3, 0.4) is 0 Å². The van der Waals surface area contributed by atoms with E-state index in [2.05, 4.69) is 53.2 Å². The third-order valence-corrected chi connectivity index (χ3v) is 3.82. The van der Waals surface area contributed by atoms with Crippen molar-refractivity contribution >= 4 is 5.96 Å². The zero-order valence-corrected chi connectivity index (χ0v) is 16.0. The second kappa shape index (κ2) is 16.0. The predicted molar refractivity (Wildman–Crippen MR) is 100 cm³/mol. The summed E-state index contributed by atoms with van der Waals surface area (Å²) in [5.74, 6) is 0.928. The Hall–Kier alpha value is -0.850. The van der Waals surface area contributed by atoms with Crippen molar-refractivity contribution in [2.45, 2.75) is 33.6 Å². The summed E-state index contributed by atoms with van der Waals surface area (Å²) in [6, 6.07) is 0. The SMILES string of the molecule is CCNC(=NCCCN(CC)CC)NCCN(C)CCCOC. The van der Waals surface area contributed by atoms with Crippen LogP contribution in [0.5, 0.6) is 0 Å². The van der Waals surface area contributed by atoms with Gasteiger partial charge in [-0.2, -0.15) is 0 Å². The largest absolute Gasteiger partial charge is 0.385 e. The number of aliphatic imine (C=N–C) groups is 1. The molecule has 0 aromatic carbocycles. The van der Waals surface area contributed by atoms with Crippen molar-refractivity contribution in [2.75, 3.05) is 73.1 Å². The van der Waals surface area contributed by atoms with Gasteiger partial charge in [0.2, 0.25) is 0 Å². The number of rotatable bonds is 14. The molecule has 0 bridgehead atoms. The van der Waals surface area contributed by atoms with E-state index in [-0.39, 0.29) is 0 Å². The first-order valence-electron chi connectivity index (χ1n) is 9.09. The molecule has 0 saturated heterocycles. The molecular weight excluding hydrogens is 290 g/mol. The Balaban J connectivity index is 3.93. The van der Waals surface area contributed by atoms with Gasteiger partial charge in [0.1, 0.15) is 0 Å². The Bertz CT molecular complexity index is 282. The zero-order valence-electron chi connectivity index (χ0n) is 16.0. The van der Waals surface area contributed by atoms with Crippen LogP contribution in [-0.2, 0) is 4.74 Å². The maximum atomic E-state index is 5.08. The monoisotopic (exact) mass is 329 g/mol. The van der Waals surface area contributed by atoms with Crippen LogP contribution in [0.1, 0.15) is 33.6 Å². The first kappa shape index (κ1) is 22.1. The van der Waals surface area contributed by atoms with Gasteiger partial charge < -0.3 is 25.2 Å². The average molecular weight is 330 g/mol. The predicted octanol–water partition coefficient (Wildman–Crippen LogP) is 1.24. The molecule has 0 aliphatic rings. The summed E-state index contributed by atoms with van der Waals surface area (Å²) in [5.41, 5.74) is 0. The number of hydrogen-bond acceptors (Lipinski definition) is 4. The van der Waals surface area contributed by atoms with Crippen molar-refractivity contribution in [2.24, 2.45) is 4.99 Å². The van der Waals surface area contributed by atoms with Crippen LogP contribution in [0, 0.1) is 0 Å². The van der Waals surface area contributed by atoms with E-state index in [1.807, 2.05) is 0 Å². The van der Waals surface area contributed by atoms with Gasteiger partial charge in [0.15, 0.2) is 5.96 Å². The Morgan fingerprint density at radius 2 is 1.74 bits per heavy atom. The Labute approximate surface area is 143 Å². The van der Waals surface area contributed by atoms with Crippen molar-refractivity contribution in [1.29, 1.82) is 0 Å². The van der Waals surface area contributed by atoms with Gasteiger partial charge in [0.05, 0.1) is 0 Å². The zero-order chi connectivity index (χ0) is 17.3. The van der Waals surface area contributed by atoms with Crippen molar-refractivity contribution in [3.05, 3.63) is 0 Å². The fraction of sp³-hybridized carbons (Fsp3) is 0.941. The quantitative estimate of drug-likeness (QED) is 0.285. The molecule has 0 aliphatic carbocycles. The normalized spacial score (nSPS) is 12.2. The van der Waals surface area contributed by atoms with E-state index in [1.54, 1.807) is 7.11 Å². The summed E-state index contributed by atoms with van der Waals surface area (Å²) in [5, 5.41) is 6.72. The lowest BCUT2D eigenvalue weighted by Gasteiger charge is -2.18. The topological polar surface area (TPSA) is 52.1 Å². The number of likely N-dealkylation sites (N-methyl/N-ethyl adjacent to an activating group) is 1. The minimum atomic E-state index is 0.828. The van der Waals surface area contributed by atoms with Gasteiger partial charge >= 0.3 is 0 Å². The van der Waals surface area contributed by atoms with E-state index >= 15 is 0 Å². The van der Waals surface area contributed by atoms with Gasteiger partial charge in [-0.15, -0.1) is 0 Å². The number of methoxy groups -OCH3 is 1. The molecule has 0 amide bonds. The van der Waals surface area contributed by atoms with E-state index in [4.69, 9.17) is 4.74 Å². The van der Waals surface area contributed by atoms with Gasteiger partial charge in [-0.3, -0.25) is 4.99 Å². The highest BCUT2D eigenvalue weighted by Gasteiger charge is 2.01. The Kier molecular flexibility index (Phi) is 15.4. The first-order valence-corrected chi connectivity index (χ1v) is 9.09. The highest BCUT2D eigenvalue weighted by Crippen LogP contribution is 1.91. The molecule has 0 atom stereocenters. The maximum Gasteiger partial charge on any atom is 0.191 e. The van der Waals surface area contributed by atoms with Crippen LogP contribution in [0.4, 0.5) is 0 Å². The summed E-state index contributed by atoms with van der Waals surface area (Å²) in [6.07, 6.45) is 2.18. The number of hydrogen-bond donors (Lipinski definition) is 2. The molecule has 0 rings (SSSR count). The van der Waals surface area contributed by atoms with Crippen LogP contribution in [0.2, 0.25) is 0 Å². The fourth-order valence-electron chi connectivity index (χ4n) is 2.32. The van der Waals surface area contributed by atoms with Crippen LogP contribution in [0.25, 0.3) is 0 Å². The molecule has 0 fully saturated rings. The van der Waals surface area contributed by atoms with Crippen molar-refractivity contribution in [1.82, 2.24) is 20.4 Å². The summed E-state index contributed by atoms with van der Waals surface area (Å²) >= 11 is 0. The molecule has 0 aromatic rings. The summed E-state index contributed by atoms with van der Waals surface area (Å²) in [7, 11) is 3.90. The smallest absolute Gasteiger partial charge is 0.191 e. The molecule has 0 unspecified atom stereocenters. The van der Waals surface area contributed by atoms with E-state index in [9.17, 15) is 0 Å². The molecule has 6 nitrogen and oxygen atoms in total. The van der Waals surface area contributed by atoms with Crippen molar-refractivity contribution in [3.8, 4) is 0 Å². The summed E-state index contributed by atoms with van der Waals surface area (Å²) in [4.78, 5) is 9.41. The van der Waals surface area contributed by atoms with Gasteiger partial charge in [0, 0.05) is 46.4 Å². The van der Waals surface area contributed by atoms with E-state index < -0.39 is 0 Å². The molecule has 0 spiro atoms. The van der Waals surface area contributed by atoms with Gasteiger partial charge in [0.25, 0.3) is 0 Å². The molecule has 0 heterocycles. The third-order valence-electron chi connectivity index (χ3n) is 3.82. The van der Waals surface area contributed by atoms with Crippen molar-refractivity contribution < 1.29 is 4.74 Å². The maximum absolute atomic E-state index is 5.08. The Morgan fingerprint density at radius 1 is 1.00 bits per heavy atom. The van der Waals surface area contributed by atoms with E-state index in [0.717, 1.165) is 77.8 Å². The second-order valence-electron chi connectivity index (χ2n) is 5.72. The minimum Gasteiger partial charge on any atom is -0.385 e. The molecule has 6 heteroatoms. The fourth-order valence-corrected chi connectivity index (χ4v) is 2.32.